The van der Waals surface area contributed by atoms with E-state index in [0.29, 0.717) is 13.1 Å². The van der Waals surface area contributed by atoms with Gasteiger partial charge in [0.15, 0.2) is 0 Å². The molecule has 5 nitrogen and oxygen atoms in total. The zero-order valence-corrected chi connectivity index (χ0v) is 14.1. The van der Waals surface area contributed by atoms with E-state index in [4.69, 9.17) is 0 Å². The number of hydrogen-bond acceptors (Lipinski definition) is 3. The van der Waals surface area contributed by atoms with Crippen molar-refractivity contribution >= 4 is 11.8 Å². The van der Waals surface area contributed by atoms with Crippen LogP contribution < -0.4 is 10.6 Å². The smallest absolute Gasteiger partial charge is 0.237 e. The normalized spacial score (nSPS) is 17.9. The highest BCUT2D eigenvalue weighted by atomic mass is 16.2. The fourth-order valence-electron chi connectivity index (χ4n) is 3.04. The van der Waals surface area contributed by atoms with Gasteiger partial charge in [-0.1, -0.05) is 29.8 Å². The first-order valence-corrected chi connectivity index (χ1v) is 8.38. The molecular formula is C18H27N3O2. The fraction of sp³-hybridized carbons (Fsp3) is 0.556. The third kappa shape index (κ3) is 5.67. The van der Waals surface area contributed by atoms with Gasteiger partial charge in [-0.25, -0.2) is 0 Å². The van der Waals surface area contributed by atoms with E-state index < -0.39 is 0 Å². The van der Waals surface area contributed by atoms with E-state index in [9.17, 15) is 9.59 Å². The minimum absolute atomic E-state index is 0.0311. The maximum absolute atomic E-state index is 12.4. The fourth-order valence-corrected chi connectivity index (χ4v) is 3.04. The Bertz CT molecular complexity index is 545. The van der Waals surface area contributed by atoms with Crippen molar-refractivity contribution in [2.75, 3.05) is 19.6 Å². The Morgan fingerprint density at radius 2 is 2.04 bits per heavy atom. The molecule has 2 amide bonds. The lowest BCUT2D eigenvalue weighted by atomic mass is 10.1. The van der Waals surface area contributed by atoms with Crippen molar-refractivity contribution in [1.82, 2.24) is 15.5 Å². The summed E-state index contributed by atoms with van der Waals surface area (Å²) in [7, 11) is 0. The highest BCUT2D eigenvalue weighted by Gasteiger charge is 2.30. The van der Waals surface area contributed by atoms with Gasteiger partial charge in [-0.3, -0.25) is 14.5 Å². The molecule has 0 radical (unpaired) electrons. The second kappa shape index (κ2) is 8.67. The lowest BCUT2D eigenvalue weighted by molar-refractivity contribution is -0.125. The molecule has 1 atom stereocenters. The predicted octanol–water partition coefficient (Wildman–Crippen LogP) is 1.60. The van der Waals surface area contributed by atoms with Crippen LogP contribution in [0.5, 0.6) is 0 Å². The molecule has 1 fully saturated rings. The standard InChI is InChI=1S/C18H27N3O2/c1-14-6-3-7-16(12-14)13-21-11-4-8-17(21)18(23)20-10-5-9-19-15(2)22/h3,6-7,12,17H,4-5,8-11,13H2,1-2H3,(H,19,22)(H,20,23). The summed E-state index contributed by atoms with van der Waals surface area (Å²) in [5.74, 6) is 0.0782. The number of benzene rings is 1. The van der Waals surface area contributed by atoms with Gasteiger partial charge < -0.3 is 10.6 Å². The van der Waals surface area contributed by atoms with Gasteiger partial charge in [-0.05, 0) is 38.3 Å². The van der Waals surface area contributed by atoms with Crippen LogP contribution in [0.2, 0.25) is 0 Å². The SMILES string of the molecule is CC(=O)NCCCNC(=O)C1CCCN1Cc1cccc(C)c1. The minimum Gasteiger partial charge on any atom is -0.356 e. The third-order valence-electron chi connectivity index (χ3n) is 4.16. The lowest BCUT2D eigenvalue weighted by Gasteiger charge is -2.24. The Hall–Kier alpha value is -1.88. The van der Waals surface area contributed by atoms with E-state index in [1.54, 1.807) is 0 Å². The van der Waals surface area contributed by atoms with Crippen molar-refractivity contribution in [3.63, 3.8) is 0 Å². The number of carbonyl (C=O) groups is 2. The number of aryl methyl sites for hydroxylation is 1. The van der Waals surface area contributed by atoms with Crippen LogP contribution >= 0.6 is 0 Å². The van der Waals surface area contributed by atoms with Crippen molar-refractivity contribution in [2.45, 2.75) is 45.7 Å². The first-order chi connectivity index (χ1) is 11.1. The number of rotatable bonds is 7. The number of amides is 2. The van der Waals surface area contributed by atoms with Crippen molar-refractivity contribution in [1.29, 1.82) is 0 Å². The van der Waals surface area contributed by atoms with Crippen molar-refractivity contribution in [3.8, 4) is 0 Å². The first-order valence-electron chi connectivity index (χ1n) is 8.38. The third-order valence-corrected chi connectivity index (χ3v) is 4.16. The Balaban J connectivity index is 1.78. The van der Waals surface area contributed by atoms with Crippen molar-refractivity contribution < 1.29 is 9.59 Å². The molecule has 1 aliphatic rings. The summed E-state index contributed by atoms with van der Waals surface area (Å²) in [6.45, 7) is 6.60. The van der Waals surface area contributed by atoms with Crippen LogP contribution in [0.15, 0.2) is 24.3 Å². The van der Waals surface area contributed by atoms with Crippen LogP contribution in [-0.2, 0) is 16.1 Å². The number of likely N-dealkylation sites (tertiary alicyclic amines) is 1. The van der Waals surface area contributed by atoms with Crippen LogP contribution in [0.1, 0.15) is 37.3 Å². The first kappa shape index (κ1) is 17.5. The van der Waals surface area contributed by atoms with Gasteiger partial charge in [-0.15, -0.1) is 0 Å². The zero-order chi connectivity index (χ0) is 16.7. The van der Waals surface area contributed by atoms with Gasteiger partial charge in [-0.2, -0.15) is 0 Å². The van der Waals surface area contributed by atoms with E-state index >= 15 is 0 Å². The van der Waals surface area contributed by atoms with Crippen LogP contribution in [0.4, 0.5) is 0 Å². The van der Waals surface area contributed by atoms with Gasteiger partial charge in [0.05, 0.1) is 6.04 Å². The molecule has 1 aromatic rings. The topological polar surface area (TPSA) is 61.4 Å². The maximum atomic E-state index is 12.4. The molecule has 1 aliphatic heterocycles. The lowest BCUT2D eigenvalue weighted by Crippen LogP contribution is -2.43. The average Bonchev–Trinajstić information content (AvgIpc) is 2.94. The Morgan fingerprint density at radius 3 is 2.78 bits per heavy atom. The molecule has 0 bridgehead atoms. The number of nitrogens with one attached hydrogen (secondary N) is 2. The second-order valence-electron chi connectivity index (χ2n) is 6.25. The molecule has 2 N–H and O–H groups in total. The van der Waals surface area contributed by atoms with Crippen LogP contribution in [0, 0.1) is 6.92 Å². The van der Waals surface area contributed by atoms with Crippen molar-refractivity contribution in [2.24, 2.45) is 0 Å². The molecule has 0 saturated carbocycles. The van der Waals surface area contributed by atoms with Gasteiger partial charge in [0.2, 0.25) is 11.8 Å². The molecule has 2 rings (SSSR count). The molecule has 126 valence electrons. The molecule has 1 unspecified atom stereocenters. The monoisotopic (exact) mass is 317 g/mol. The molecular weight excluding hydrogens is 290 g/mol. The molecule has 1 heterocycles. The molecule has 0 spiro atoms. The van der Waals surface area contributed by atoms with Crippen LogP contribution in [0.3, 0.4) is 0 Å². The van der Waals surface area contributed by atoms with E-state index in [1.165, 1.54) is 18.1 Å². The predicted molar refractivity (Wildman–Crippen MR) is 90.9 cm³/mol. The second-order valence-corrected chi connectivity index (χ2v) is 6.25. The zero-order valence-electron chi connectivity index (χ0n) is 14.1. The van der Waals surface area contributed by atoms with Gasteiger partial charge in [0, 0.05) is 26.6 Å². The van der Waals surface area contributed by atoms with E-state index in [0.717, 1.165) is 32.4 Å². The van der Waals surface area contributed by atoms with Gasteiger partial charge in [0.25, 0.3) is 0 Å². The molecule has 0 aliphatic carbocycles. The summed E-state index contributed by atoms with van der Waals surface area (Å²) >= 11 is 0. The number of hydrogen-bond donors (Lipinski definition) is 2. The maximum Gasteiger partial charge on any atom is 0.237 e. The molecule has 5 heteroatoms. The summed E-state index contributed by atoms with van der Waals surface area (Å²) in [6, 6.07) is 8.43. The Kier molecular flexibility index (Phi) is 6.59. The molecule has 23 heavy (non-hydrogen) atoms. The van der Waals surface area contributed by atoms with E-state index in [1.807, 2.05) is 0 Å². The Labute approximate surface area is 138 Å². The molecule has 1 aromatic carbocycles. The van der Waals surface area contributed by atoms with Gasteiger partial charge in [0.1, 0.15) is 0 Å². The Morgan fingerprint density at radius 1 is 1.26 bits per heavy atom. The summed E-state index contributed by atoms with van der Waals surface area (Å²) in [6.07, 6.45) is 2.75. The molecule has 0 aromatic heterocycles. The summed E-state index contributed by atoms with van der Waals surface area (Å²) in [4.78, 5) is 25.4. The number of nitrogens with zero attached hydrogens (tertiary/aromatic N) is 1. The molecule has 1 saturated heterocycles. The van der Waals surface area contributed by atoms with Gasteiger partial charge >= 0.3 is 0 Å². The van der Waals surface area contributed by atoms with E-state index in [2.05, 4.69) is 46.7 Å². The van der Waals surface area contributed by atoms with Crippen molar-refractivity contribution in [3.05, 3.63) is 35.4 Å². The highest BCUT2D eigenvalue weighted by Crippen LogP contribution is 2.20. The summed E-state index contributed by atoms with van der Waals surface area (Å²) < 4.78 is 0. The average molecular weight is 317 g/mol. The minimum atomic E-state index is -0.0312. The quantitative estimate of drug-likeness (QED) is 0.751. The summed E-state index contributed by atoms with van der Waals surface area (Å²) in [5, 5.41) is 5.73. The number of carbonyl (C=O) groups excluding carboxylic acids is 2. The van der Waals surface area contributed by atoms with Crippen LogP contribution in [-0.4, -0.2) is 42.4 Å². The largest absolute Gasteiger partial charge is 0.356 e. The van der Waals surface area contributed by atoms with E-state index in [-0.39, 0.29) is 17.9 Å². The van der Waals surface area contributed by atoms with Crippen LogP contribution in [0.25, 0.3) is 0 Å². The highest BCUT2D eigenvalue weighted by molar-refractivity contribution is 5.82. The summed E-state index contributed by atoms with van der Waals surface area (Å²) in [5.41, 5.74) is 2.51.